The fourth-order valence-corrected chi connectivity index (χ4v) is 1.46. The van der Waals surface area contributed by atoms with Gasteiger partial charge in [-0.15, -0.1) is 0 Å². The molecule has 0 radical (unpaired) electrons. The van der Waals surface area contributed by atoms with E-state index in [2.05, 4.69) is 0 Å². The molecule has 0 N–H and O–H groups in total. The molecule has 0 amide bonds. The summed E-state index contributed by atoms with van der Waals surface area (Å²) in [5, 5.41) is 0. The minimum absolute atomic E-state index is 0.224. The van der Waals surface area contributed by atoms with E-state index in [1.165, 1.54) is 6.92 Å². The smallest absolute Gasteiger partial charge is 0.334 e. The third kappa shape index (κ3) is 3.73. The van der Waals surface area contributed by atoms with Crippen molar-refractivity contribution >= 4 is 11.9 Å². The van der Waals surface area contributed by atoms with Crippen molar-refractivity contribution < 1.29 is 19.1 Å². The van der Waals surface area contributed by atoms with E-state index in [4.69, 9.17) is 9.47 Å². The van der Waals surface area contributed by atoms with Gasteiger partial charge in [-0.1, -0.05) is 13.3 Å². The summed E-state index contributed by atoms with van der Waals surface area (Å²) in [5.74, 6) is -0.540. The second kappa shape index (κ2) is 5.53. The van der Waals surface area contributed by atoms with Crippen molar-refractivity contribution in [1.29, 1.82) is 0 Å². The molecule has 1 atom stereocenters. The van der Waals surface area contributed by atoms with Gasteiger partial charge in [0.25, 0.3) is 0 Å². The predicted molar refractivity (Wildman–Crippen MR) is 54.1 cm³/mol. The molecule has 0 saturated heterocycles. The van der Waals surface area contributed by atoms with Crippen LogP contribution in [0.25, 0.3) is 0 Å². The third-order valence-corrected chi connectivity index (χ3v) is 2.13. The molecule has 0 saturated carbocycles. The van der Waals surface area contributed by atoms with Crippen molar-refractivity contribution in [2.24, 2.45) is 0 Å². The first-order chi connectivity index (χ1) is 7.13. The Morgan fingerprint density at radius 2 is 2.33 bits per heavy atom. The lowest BCUT2D eigenvalue weighted by atomic mass is 10.1. The fraction of sp³-hybridized carbons (Fsp3) is 0.636. The topological polar surface area (TPSA) is 52.6 Å². The first kappa shape index (κ1) is 11.8. The van der Waals surface area contributed by atoms with Crippen LogP contribution in [0.15, 0.2) is 11.6 Å². The van der Waals surface area contributed by atoms with E-state index in [1.807, 2.05) is 13.0 Å². The van der Waals surface area contributed by atoms with Gasteiger partial charge < -0.3 is 9.47 Å². The zero-order valence-electron chi connectivity index (χ0n) is 9.12. The Morgan fingerprint density at radius 3 is 2.93 bits per heavy atom. The van der Waals surface area contributed by atoms with Crippen LogP contribution in [-0.4, -0.2) is 24.6 Å². The Labute approximate surface area is 89.2 Å². The Balaban J connectivity index is 2.33. The minimum Gasteiger partial charge on any atom is -0.466 e. The Bertz CT molecular complexity index is 280. The molecule has 0 fully saturated rings. The second-order valence-electron chi connectivity index (χ2n) is 3.51. The van der Waals surface area contributed by atoms with Crippen LogP contribution in [0.3, 0.4) is 0 Å². The van der Waals surface area contributed by atoms with Gasteiger partial charge in [-0.25, -0.2) is 4.79 Å². The lowest BCUT2D eigenvalue weighted by molar-refractivity contribution is -0.143. The molecule has 1 rings (SSSR count). The molecular formula is C11H16O4. The van der Waals surface area contributed by atoms with Gasteiger partial charge in [-0.3, -0.25) is 4.79 Å². The minimum atomic E-state index is -0.308. The number of hydrogen-bond acceptors (Lipinski definition) is 4. The molecule has 1 aliphatic rings. The number of ether oxygens (including phenoxy) is 2. The Kier molecular flexibility index (Phi) is 4.34. The highest BCUT2D eigenvalue weighted by molar-refractivity contribution is 5.90. The maximum Gasteiger partial charge on any atom is 0.334 e. The molecular weight excluding hydrogens is 196 g/mol. The van der Waals surface area contributed by atoms with Crippen molar-refractivity contribution in [2.45, 2.75) is 39.2 Å². The largest absolute Gasteiger partial charge is 0.466 e. The molecule has 4 heteroatoms. The summed E-state index contributed by atoms with van der Waals surface area (Å²) in [4.78, 5) is 21.8. The molecule has 1 aliphatic heterocycles. The number of hydrogen-bond donors (Lipinski definition) is 0. The summed E-state index contributed by atoms with van der Waals surface area (Å²) in [6.07, 6.45) is 3.83. The van der Waals surface area contributed by atoms with Crippen molar-refractivity contribution in [2.75, 3.05) is 6.61 Å². The van der Waals surface area contributed by atoms with Gasteiger partial charge in [0, 0.05) is 18.9 Å². The zero-order chi connectivity index (χ0) is 11.3. The van der Waals surface area contributed by atoms with E-state index in [0.717, 1.165) is 18.4 Å². The molecule has 0 aromatic rings. The molecule has 0 bridgehead atoms. The van der Waals surface area contributed by atoms with Crippen LogP contribution in [0, 0.1) is 0 Å². The molecule has 84 valence electrons. The van der Waals surface area contributed by atoms with Gasteiger partial charge in [0.05, 0.1) is 6.61 Å². The van der Waals surface area contributed by atoms with Gasteiger partial charge in [0.1, 0.15) is 6.10 Å². The third-order valence-electron chi connectivity index (χ3n) is 2.13. The first-order valence-corrected chi connectivity index (χ1v) is 5.18. The van der Waals surface area contributed by atoms with Gasteiger partial charge in [-0.2, -0.15) is 0 Å². The van der Waals surface area contributed by atoms with Crippen LogP contribution >= 0.6 is 0 Å². The summed E-state index contributed by atoms with van der Waals surface area (Å²) < 4.78 is 9.86. The summed E-state index contributed by atoms with van der Waals surface area (Å²) >= 11 is 0. The number of carbonyl (C=O) groups is 2. The molecule has 4 nitrogen and oxygen atoms in total. The van der Waals surface area contributed by atoms with E-state index >= 15 is 0 Å². The van der Waals surface area contributed by atoms with Crippen LogP contribution in [0.5, 0.6) is 0 Å². The first-order valence-electron chi connectivity index (χ1n) is 5.18. The maximum atomic E-state index is 11.3. The van der Waals surface area contributed by atoms with E-state index in [1.54, 1.807) is 0 Å². The van der Waals surface area contributed by atoms with Crippen molar-refractivity contribution in [1.82, 2.24) is 0 Å². The van der Waals surface area contributed by atoms with E-state index < -0.39 is 0 Å². The highest BCUT2D eigenvalue weighted by Crippen LogP contribution is 2.19. The van der Waals surface area contributed by atoms with Crippen molar-refractivity contribution in [3.63, 3.8) is 0 Å². The predicted octanol–water partition coefficient (Wildman–Crippen LogP) is 1.59. The standard InChI is InChI=1S/C11H16O4/c1-3-4-9-7-10(15-11(9)13)5-6-14-8(2)12/h7,10H,3-6H2,1-2H3. The molecule has 0 spiro atoms. The molecule has 0 aromatic carbocycles. The van der Waals surface area contributed by atoms with E-state index in [9.17, 15) is 9.59 Å². The number of rotatable bonds is 5. The summed E-state index contributed by atoms with van der Waals surface area (Å²) in [5.41, 5.74) is 0.741. The summed E-state index contributed by atoms with van der Waals surface area (Å²) in [7, 11) is 0. The Hall–Kier alpha value is -1.32. The van der Waals surface area contributed by atoms with E-state index in [-0.39, 0.29) is 18.0 Å². The second-order valence-corrected chi connectivity index (χ2v) is 3.51. The lowest BCUT2D eigenvalue weighted by Gasteiger charge is -2.07. The number of cyclic esters (lactones) is 1. The summed E-state index contributed by atoms with van der Waals surface area (Å²) in [6, 6.07) is 0. The van der Waals surface area contributed by atoms with Crippen LogP contribution in [0.2, 0.25) is 0 Å². The highest BCUT2D eigenvalue weighted by Gasteiger charge is 2.24. The van der Waals surface area contributed by atoms with Gasteiger partial charge in [0.15, 0.2) is 0 Å². The Morgan fingerprint density at radius 1 is 1.60 bits per heavy atom. The number of carbonyl (C=O) groups excluding carboxylic acids is 2. The highest BCUT2D eigenvalue weighted by atomic mass is 16.6. The van der Waals surface area contributed by atoms with Gasteiger partial charge >= 0.3 is 11.9 Å². The van der Waals surface area contributed by atoms with Crippen molar-refractivity contribution in [3.05, 3.63) is 11.6 Å². The van der Waals surface area contributed by atoms with Crippen LogP contribution in [-0.2, 0) is 19.1 Å². The van der Waals surface area contributed by atoms with Crippen LogP contribution < -0.4 is 0 Å². The normalized spacial score (nSPS) is 19.7. The number of esters is 2. The molecule has 1 unspecified atom stereocenters. The molecule has 0 aromatic heterocycles. The summed E-state index contributed by atoms with van der Waals surface area (Å²) in [6.45, 7) is 3.67. The average molecular weight is 212 g/mol. The fourth-order valence-electron chi connectivity index (χ4n) is 1.46. The van der Waals surface area contributed by atoms with Gasteiger partial charge in [0.2, 0.25) is 0 Å². The van der Waals surface area contributed by atoms with E-state index in [0.29, 0.717) is 13.0 Å². The lowest BCUT2D eigenvalue weighted by Crippen LogP contribution is -2.12. The molecule has 15 heavy (non-hydrogen) atoms. The molecule has 1 heterocycles. The monoisotopic (exact) mass is 212 g/mol. The van der Waals surface area contributed by atoms with Crippen LogP contribution in [0.4, 0.5) is 0 Å². The zero-order valence-corrected chi connectivity index (χ0v) is 9.12. The van der Waals surface area contributed by atoms with Crippen LogP contribution in [0.1, 0.15) is 33.1 Å². The van der Waals surface area contributed by atoms with Gasteiger partial charge in [-0.05, 0) is 12.5 Å². The van der Waals surface area contributed by atoms with Crippen molar-refractivity contribution in [3.8, 4) is 0 Å². The molecule has 0 aliphatic carbocycles. The SMILES string of the molecule is CCCC1=CC(CCOC(C)=O)OC1=O. The maximum absolute atomic E-state index is 11.3. The quantitative estimate of drug-likeness (QED) is 0.649. The average Bonchev–Trinajstić information content (AvgIpc) is 2.47.